The predicted octanol–water partition coefficient (Wildman–Crippen LogP) is 2.49. The molecule has 28 heavy (non-hydrogen) atoms. The van der Waals surface area contributed by atoms with Crippen LogP contribution in [-0.2, 0) is 22.7 Å². The number of benzene rings is 1. The summed E-state index contributed by atoms with van der Waals surface area (Å²) in [5.74, 6) is 0.228. The van der Waals surface area contributed by atoms with Gasteiger partial charge in [0.1, 0.15) is 5.75 Å². The quantitative estimate of drug-likeness (QED) is 0.339. The number of carbonyl (C=O) groups excluding carboxylic acids is 1. The molecule has 1 N–H and O–H groups in total. The van der Waals surface area contributed by atoms with Crippen LogP contribution < -0.4 is 10.1 Å². The highest BCUT2D eigenvalue weighted by atomic mass is 16.7. The summed E-state index contributed by atoms with van der Waals surface area (Å²) in [6, 6.07) is 4.82. The van der Waals surface area contributed by atoms with Gasteiger partial charge in [0.15, 0.2) is 6.79 Å². The van der Waals surface area contributed by atoms with E-state index in [-0.39, 0.29) is 25.0 Å². The van der Waals surface area contributed by atoms with Gasteiger partial charge in [0, 0.05) is 48.1 Å². The first-order chi connectivity index (χ1) is 13.4. The fourth-order valence-electron chi connectivity index (χ4n) is 3.03. The molecule has 148 valence electrons. The van der Waals surface area contributed by atoms with Crippen LogP contribution in [-0.4, -0.2) is 33.9 Å². The number of carbonyl (C=O) groups is 1. The number of aryl methyl sites for hydroxylation is 3. The lowest BCUT2D eigenvalue weighted by atomic mass is 10.1. The van der Waals surface area contributed by atoms with Gasteiger partial charge in [-0.05, 0) is 32.4 Å². The molecule has 0 fully saturated rings. The Bertz CT molecular complexity index is 919. The third kappa shape index (κ3) is 4.74. The monoisotopic (exact) mass is 386 g/mol. The molecule has 1 aliphatic rings. The number of aromatic nitrogens is 2. The van der Waals surface area contributed by atoms with Gasteiger partial charge in [-0.25, -0.2) is 0 Å². The summed E-state index contributed by atoms with van der Waals surface area (Å²) in [7, 11) is 0. The van der Waals surface area contributed by atoms with E-state index in [0.29, 0.717) is 23.4 Å². The highest BCUT2D eigenvalue weighted by Gasteiger charge is 2.19. The molecule has 1 aromatic heterocycles. The minimum atomic E-state index is -0.481. The maximum Gasteiger partial charge on any atom is 0.270 e. The van der Waals surface area contributed by atoms with Crippen molar-refractivity contribution < 1.29 is 19.2 Å². The van der Waals surface area contributed by atoms with Crippen LogP contribution in [0.15, 0.2) is 24.3 Å². The summed E-state index contributed by atoms with van der Waals surface area (Å²) in [6.07, 6.45) is 3.61. The van der Waals surface area contributed by atoms with Crippen LogP contribution in [0.4, 0.5) is 5.69 Å². The van der Waals surface area contributed by atoms with Gasteiger partial charge in [-0.1, -0.05) is 0 Å². The molecule has 0 unspecified atom stereocenters. The predicted molar refractivity (Wildman–Crippen MR) is 102 cm³/mol. The van der Waals surface area contributed by atoms with Crippen molar-refractivity contribution in [3.8, 4) is 5.75 Å². The normalized spacial score (nSPS) is 13.2. The molecule has 0 radical (unpaired) electrons. The van der Waals surface area contributed by atoms with Gasteiger partial charge >= 0.3 is 0 Å². The second kappa shape index (κ2) is 8.66. The Morgan fingerprint density at radius 3 is 2.93 bits per heavy atom. The van der Waals surface area contributed by atoms with Crippen molar-refractivity contribution in [3.63, 3.8) is 0 Å². The molecular weight excluding hydrogens is 364 g/mol. The Labute approximate surface area is 162 Å². The zero-order valence-electron chi connectivity index (χ0n) is 15.8. The average Bonchev–Trinajstić information content (AvgIpc) is 3.00. The lowest BCUT2D eigenvalue weighted by molar-refractivity contribution is -0.385. The number of hydrogen-bond acceptors (Lipinski definition) is 6. The van der Waals surface area contributed by atoms with Crippen LogP contribution in [0.1, 0.15) is 28.9 Å². The third-order valence-corrected chi connectivity index (χ3v) is 4.30. The van der Waals surface area contributed by atoms with E-state index >= 15 is 0 Å². The summed E-state index contributed by atoms with van der Waals surface area (Å²) in [6.45, 7) is 5.46. The highest BCUT2D eigenvalue weighted by molar-refractivity contribution is 5.92. The minimum absolute atomic E-state index is 0.0715. The van der Waals surface area contributed by atoms with Crippen molar-refractivity contribution in [1.29, 1.82) is 0 Å². The second-order valence-corrected chi connectivity index (χ2v) is 6.52. The van der Waals surface area contributed by atoms with Gasteiger partial charge in [-0.3, -0.25) is 19.6 Å². The first kappa shape index (κ1) is 19.6. The molecule has 1 aliphatic heterocycles. The van der Waals surface area contributed by atoms with E-state index < -0.39 is 4.92 Å². The topological polar surface area (TPSA) is 109 Å². The fraction of sp³-hybridized carbons (Fsp3) is 0.368. The number of non-ortho nitro benzene ring substituents is 1. The van der Waals surface area contributed by atoms with Gasteiger partial charge in [0.25, 0.3) is 5.69 Å². The Morgan fingerprint density at radius 2 is 2.21 bits per heavy atom. The number of fused-ring (bicyclic) bond motifs is 1. The van der Waals surface area contributed by atoms with Crippen molar-refractivity contribution in [1.82, 2.24) is 15.1 Å². The number of nitro benzene ring substituents is 1. The average molecular weight is 386 g/mol. The standard InChI is InChI=1S/C19H22N4O5/c1-13-8-14(2)22(21-13)7-3-6-20-18(24)5-4-15-9-17(23(25)26)10-16-11-27-12-28-19(15)16/h4-5,8-10H,3,6-7,11-12H2,1-2H3,(H,20,24)/b5-4-. The van der Waals surface area contributed by atoms with Crippen LogP contribution >= 0.6 is 0 Å². The molecular formula is C19H22N4O5. The number of amides is 1. The van der Waals surface area contributed by atoms with Gasteiger partial charge in [-0.15, -0.1) is 0 Å². The molecule has 0 spiro atoms. The second-order valence-electron chi connectivity index (χ2n) is 6.52. The number of nitrogens with zero attached hydrogens (tertiary/aromatic N) is 3. The van der Waals surface area contributed by atoms with Crippen molar-refractivity contribution in [2.75, 3.05) is 13.3 Å². The molecule has 9 heteroatoms. The Hall–Kier alpha value is -3.20. The zero-order valence-corrected chi connectivity index (χ0v) is 15.8. The van der Waals surface area contributed by atoms with Crippen LogP contribution in [0.2, 0.25) is 0 Å². The smallest absolute Gasteiger partial charge is 0.270 e. The van der Waals surface area contributed by atoms with Gasteiger partial charge in [-0.2, -0.15) is 5.10 Å². The molecule has 0 aliphatic carbocycles. The maximum atomic E-state index is 12.1. The SMILES string of the molecule is Cc1cc(C)n(CCCNC(=O)/C=C\c2cc([N+](=O)[O-])cc3c2OCOC3)n1. The van der Waals surface area contributed by atoms with E-state index in [1.54, 1.807) is 0 Å². The van der Waals surface area contributed by atoms with Crippen LogP contribution in [0.25, 0.3) is 6.08 Å². The first-order valence-corrected chi connectivity index (χ1v) is 8.93. The van der Waals surface area contributed by atoms with E-state index in [1.807, 2.05) is 24.6 Å². The molecule has 1 aromatic carbocycles. The fourth-order valence-corrected chi connectivity index (χ4v) is 3.03. The molecule has 2 aromatic rings. The zero-order chi connectivity index (χ0) is 20.1. The third-order valence-electron chi connectivity index (χ3n) is 4.30. The maximum absolute atomic E-state index is 12.1. The number of ether oxygens (including phenoxy) is 2. The summed E-state index contributed by atoms with van der Waals surface area (Å²) in [5.41, 5.74) is 3.05. The summed E-state index contributed by atoms with van der Waals surface area (Å²) >= 11 is 0. The molecule has 0 atom stereocenters. The number of hydrogen-bond donors (Lipinski definition) is 1. The van der Waals surface area contributed by atoms with E-state index in [0.717, 1.165) is 24.4 Å². The molecule has 0 saturated heterocycles. The Morgan fingerprint density at radius 1 is 1.39 bits per heavy atom. The lowest BCUT2D eigenvalue weighted by Crippen LogP contribution is -2.23. The van der Waals surface area contributed by atoms with E-state index in [2.05, 4.69) is 10.4 Å². The van der Waals surface area contributed by atoms with E-state index in [4.69, 9.17) is 9.47 Å². The molecule has 9 nitrogen and oxygen atoms in total. The van der Waals surface area contributed by atoms with Gasteiger partial charge in [0.05, 0.1) is 17.2 Å². The molecule has 1 amide bonds. The molecule has 0 bridgehead atoms. The van der Waals surface area contributed by atoms with Crippen molar-refractivity contribution in [2.24, 2.45) is 0 Å². The van der Waals surface area contributed by atoms with Gasteiger partial charge in [0.2, 0.25) is 5.91 Å². The van der Waals surface area contributed by atoms with Crippen LogP contribution in [0.5, 0.6) is 5.75 Å². The van der Waals surface area contributed by atoms with Gasteiger partial charge < -0.3 is 14.8 Å². The summed E-state index contributed by atoms with van der Waals surface area (Å²) < 4.78 is 12.5. The largest absolute Gasteiger partial charge is 0.467 e. The van der Waals surface area contributed by atoms with Crippen molar-refractivity contribution in [3.05, 3.63) is 56.9 Å². The van der Waals surface area contributed by atoms with Crippen LogP contribution in [0, 0.1) is 24.0 Å². The Kier molecular flexibility index (Phi) is 6.05. The summed E-state index contributed by atoms with van der Waals surface area (Å²) in [5, 5.41) is 18.3. The summed E-state index contributed by atoms with van der Waals surface area (Å²) in [4.78, 5) is 22.7. The minimum Gasteiger partial charge on any atom is -0.467 e. The van der Waals surface area contributed by atoms with Crippen molar-refractivity contribution in [2.45, 2.75) is 33.4 Å². The first-order valence-electron chi connectivity index (χ1n) is 8.93. The molecule has 0 saturated carbocycles. The Balaban J connectivity index is 1.58. The number of nitrogens with one attached hydrogen (secondary N) is 1. The number of rotatable bonds is 7. The number of nitro groups is 1. The molecule has 2 heterocycles. The van der Waals surface area contributed by atoms with E-state index in [1.165, 1.54) is 24.3 Å². The van der Waals surface area contributed by atoms with Crippen LogP contribution in [0.3, 0.4) is 0 Å². The molecule has 3 rings (SSSR count). The highest BCUT2D eigenvalue weighted by Crippen LogP contribution is 2.33. The van der Waals surface area contributed by atoms with E-state index in [9.17, 15) is 14.9 Å². The lowest BCUT2D eigenvalue weighted by Gasteiger charge is -2.19. The van der Waals surface area contributed by atoms with Crippen molar-refractivity contribution >= 4 is 17.7 Å².